The summed E-state index contributed by atoms with van der Waals surface area (Å²) >= 11 is 6.19. The zero-order valence-electron chi connectivity index (χ0n) is 11.7. The normalized spacial score (nSPS) is 12.7. The number of hydrogen-bond acceptors (Lipinski definition) is 2. The van der Waals surface area contributed by atoms with Gasteiger partial charge < -0.3 is 5.11 Å². The van der Waals surface area contributed by atoms with E-state index in [9.17, 15) is 5.11 Å². The third kappa shape index (κ3) is 2.82. The van der Waals surface area contributed by atoms with Crippen LogP contribution in [0.2, 0.25) is 5.15 Å². The molecule has 2 rings (SSSR count). The quantitative estimate of drug-likeness (QED) is 0.936. The van der Waals surface area contributed by atoms with Crippen molar-refractivity contribution in [3.8, 4) is 0 Å². The van der Waals surface area contributed by atoms with Crippen molar-refractivity contribution in [2.75, 3.05) is 0 Å². The van der Waals surface area contributed by atoms with E-state index in [1.165, 1.54) is 11.1 Å². The lowest BCUT2D eigenvalue weighted by Crippen LogP contribution is -2.03. The smallest absolute Gasteiger partial charge is 0.130 e. The van der Waals surface area contributed by atoms with Gasteiger partial charge in [0, 0.05) is 19.0 Å². The second-order valence-corrected chi connectivity index (χ2v) is 5.40. The molecule has 1 atom stereocenters. The maximum absolute atomic E-state index is 10.4. The van der Waals surface area contributed by atoms with Crippen molar-refractivity contribution >= 4 is 11.6 Å². The van der Waals surface area contributed by atoms with Crippen molar-refractivity contribution in [2.45, 2.75) is 33.3 Å². The Morgan fingerprint density at radius 1 is 1.26 bits per heavy atom. The Morgan fingerprint density at radius 2 is 1.95 bits per heavy atom. The molecule has 19 heavy (non-hydrogen) atoms. The maximum atomic E-state index is 10.4. The minimum Gasteiger partial charge on any atom is -0.388 e. The van der Waals surface area contributed by atoms with Crippen LogP contribution in [0.3, 0.4) is 0 Å². The van der Waals surface area contributed by atoms with Gasteiger partial charge in [-0.15, -0.1) is 0 Å². The molecule has 1 unspecified atom stereocenters. The zero-order chi connectivity index (χ0) is 14.2. The van der Waals surface area contributed by atoms with Crippen LogP contribution in [0.5, 0.6) is 0 Å². The van der Waals surface area contributed by atoms with Crippen LogP contribution < -0.4 is 0 Å². The van der Waals surface area contributed by atoms with Crippen LogP contribution in [0.1, 0.15) is 34.1 Å². The lowest BCUT2D eigenvalue weighted by atomic mass is 9.98. The van der Waals surface area contributed by atoms with Gasteiger partial charge in [-0.05, 0) is 37.5 Å². The summed E-state index contributed by atoms with van der Waals surface area (Å²) in [5, 5.41) is 15.2. The Hall–Kier alpha value is -1.32. The molecule has 0 aliphatic rings. The topological polar surface area (TPSA) is 38.1 Å². The summed E-state index contributed by atoms with van der Waals surface area (Å²) in [5.74, 6) is 0. The van der Waals surface area contributed by atoms with Crippen LogP contribution in [0.25, 0.3) is 0 Å². The Morgan fingerprint density at radius 3 is 2.47 bits per heavy atom. The molecular weight excluding hydrogens is 260 g/mol. The number of aromatic nitrogens is 2. The molecule has 0 bridgehead atoms. The van der Waals surface area contributed by atoms with E-state index in [-0.39, 0.29) is 0 Å². The third-order valence-corrected chi connectivity index (χ3v) is 4.06. The largest absolute Gasteiger partial charge is 0.388 e. The van der Waals surface area contributed by atoms with Gasteiger partial charge in [-0.1, -0.05) is 29.8 Å². The van der Waals surface area contributed by atoms with Crippen molar-refractivity contribution in [3.05, 3.63) is 51.3 Å². The number of aliphatic hydroxyl groups excluding tert-OH is 1. The predicted octanol–water partition coefficient (Wildman–Crippen LogP) is 3.27. The molecule has 0 saturated heterocycles. The van der Waals surface area contributed by atoms with Gasteiger partial charge in [0.1, 0.15) is 5.15 Å². The molecule has 102 valence electrons. The monoisotopic (exact) mass is 278 g/mol. The summed E-state index contributed by atoms with van der Waals surface area (Å²) < 4.78 is 1.64. The van der Waals surface area contributed by atoms with Crippen LogP contribution in [0.15, 0.2) is 18.2 Å². The molecule has 0 fully saturated rings. The van der Waals surface area contributed by atoms with Crippen LogP contribution in [-0.4, -0.2) is 14.9 Å². The van der Waals surface area contributed by atoms with Gasteiger partial charge in [0.25, 0.3) is 0 Å². The first-order valence-corrected chi connectivity index (χ1v) is 6.71. The molecule has 1 aromatic carbocycles. The number of nitrogens with zero attached hydrogens (tertiary/aromatic N) is 2. The first kappa shape index (κ1) is 14.1. The minimum absolute atomic E-state index is 0.487. The zero-order valence-corrected chi connectivity index (χ0v) is 12.5. The lowest BCUT2D eigenvalue weighted by molar-refractivity contribution is 0.178. The van der Waals surface area contributed by atoms with E-state index in [2.05, 4.69) is 12.0 Å². The molecule has 3 nitrogen and oxygen atoms in total. The summed E-state index contributed by atoms with van der Waals surface area (Å²) in [4.78, 5) is 0. The molecule has 0 spiro atoms. The number of benzene rings is 1. The third-order valence-electron chi connectivity index (χ3n) is 3.58. The molecule has 1 heterocycles. The highest BCUT2D eigenvalue weighted by Gasteiger charge is 2.17. The number of hydrogen-bond donors (Lipinski definition) is 1. The van der Waals surface area contributed by atoms with E-state index in [0.29, 0.717) is 11.6 Å². The van der Waals surface area contributed by atoms with Gasteiger partial charge in [-0.3, -0.25) is 4.68 Å². The summed E-state index contributed by atoms with van der Waals surface area (Å²) in [5.41, 5.74) is 5.12. The van der Waals surface area contributed by atoms with Gasteiger partial charge in [0.15, 0.2) is 0 Å². The molecule has 2 aromatic rings. The molecule has 4 heteroatoms. The molecular formula is C15H19ClN2O. The van der Waals surface area contributed by atoms with E-state index in [0.717, 1.165) is 16.8 Å². The van der Waals surface area contributed by atoms with E-state index >= 15 is 0 Å². The van der Waals surface area contributed by atoms with Gasteiger partial charge in [0.2, 0.25) is 0 Å². The SMILES string of the molecule is Cc1ccc(C(O)Cc2c(C)nn(C)c2Cl)cc1C. The van der Waals surface area contributed by atoms with Crippen LogP contribution in [-0.2, 0) is 13.5 Å². The van der Waals surface area contributed by atoms with Gasteiger partial charge in [0.05, 0.1) is 11.8 Å². The molecule has 1 N–H and O–H groups in total. The van der Waals surface area contributed by atoms with Crippen molar-refractivity contribution in [1.29, 1.82) is 0 Å². The highest BCUT2D eigenvalue weighted by molar-refractivity contribution is 6.30. The van der Waals surface area contributed by atoms with Crippen LogP contribution >= 0.6 is 11.6 Å². The first-order valence-electron chi connectivity index (χ1n) is 6.33. The standard InChI is InChI=1S/C15H19ClN2O/c1-9-5-6-12(7-10(9)2)14(19)8-13-11(3)17-18(4)15(13)16/h5-7,14,19H,8H2,1-4H3. The minimum atomic E-state index is -0.556. The first-order chi connectivity index (χ1) is 8.90. The second kappa shape index (κ2) is 5.35. The van der Waals surface area contributed by atoms with Gasteiger partial charge in [-0.25, -0.2) is 0 Å². The van der Waals surface area contributed by atoms with Crippen LogP contribution in [0.4, 0.5) is 0 Å². The Kier molecular flexibility index (Phi) is 3.97. The number of aliphatic hydroxyl groups is 1. The average Bonchev–Trinajstić information content (AvgIpc) is 2.59. The fourth-order valence-corrected chi connectivity index (χ4v) is 2.44. The molecule has 0 radical (unpaired) electrons. The van der Waals surface area contributed by atoms with Crippen molar-refractivity contribution in [3.63, 3.8) is 0 Å². The van der Waals surface area contributed by atoms with Crippen LogP contribution in [0, 0.1) is 20.8 Å². The fraction of sp³-hybridized carbons (Fsp3) is 0.400. The number of halogens is 1. The summed E-state index contributed by atoms with van der Waals surface area (Å²) in [6.45, 7) is 6.02. The summed E-state index contributed by atoms with van der Waals surface area (Å²) in [7, 11) is 1.81. The van der Waals surface area contributed by atoms with Gasteiger partial charge >= 0.3 is 0 Å². The summed E-state index contributed by atoms with van der Waals surface area (Å²) in [6, 6.07) is 6.03. The molecule has 0 saturated carbocycles. The Bertz CT molecular complexity index is 604. The van der Waals surface area contributed by atoms with Crippen molar-refractivity contribution in [1.82, 2.24) is 9.78 Å². The predicted molar refractivity (Wildman–Crippen MR) is 77.5 cm³/mol. The van der Waals surface area contributed by atoms with Crippen molar-refractivity contribution in [2.24, 2.45) is 7.05 Å². The number of aryl methyl sites for hydroxylation is 4. The Labute approximate surface area is 118 Å². The maximum Gasteiger partial charge on any atom is 0.130 e. The average molecular weight is 279 g/mol. The summed E-state index contributed by atoms with van der Waals surface area (Å²) in [6.07, 6.45) is -0.0687. The van der Waals surface area contributed by atoms with Gasteiger partial charge in [-0.2, -0.15) is 5.10 Å². The molecule has 0 aliphatic heterocycles. The Balaban J connectivity index is 2.25. The highest BCUT2D eigenvalue weighted by Crippen LogP contribution is 2.26. The lowest BCUT2D eigenvalue weighted by Gasteiger charge is -2.12. The second-order valence-electron chi connectivity index (χ2n) is 5.04. The van der Waals surface area contributed by atoms with E-state index in [4.69, 9.17) is 11.6 Å². The van der Waals surface area contributed by atoms with E-state index < -0.39 is 6.10 Å². The van der Waals surface area contributed by atoms with Crippen molar-refractivity contribution < 1.29 is 5.11 Å². The number of rotatable bonds is 3. The van der Waals surface area contributed by atoms with E-state index in [1.807, 2.05) is 32.0 Å². The fourth-order valence-electron chi connectivity index (χ4n) is 2.19. The molecule has 1 aromatic heterocycles. The van der Waals surface area contributed by atoms with E-state index in [1.54, 1.807) is 11.7 Å². The molecule has 0 aliphatic carbocycles. The highest BCUT2D eigenvalue weighted by atomic mass is 35.5. The molecule has 0 amide bonds.